The highest BCUT2D eigenvalue weighted by Crippen LogP contribution is 2.49. The molecule has 0 aliphatic heterocycles. The van der Waals surface area contributed by atoms with Crippen LogP contribution in [0.25, 0.3) is 0 Å². The van der Waals surface area contributed by atoms with E-state index in [1.54, 1.807) is 0 Å². The van der Waals surface area contributed by atoms with Crippen LogP contribution in [-0.2, 0) is 0 Å². The number of hydrogen-bond donors (Lipinski definition) is 1. The average Bonchev–Trinajstić information content (AvgIpc) is 2.98. The van der Waals surface area contributed by atoms with Crippen molar-refractivity contribution in [3.63, 3.8) is 0 Å². The van der Waals surface area contributed by atoms with Crippen molar-refractivity contribution in [3.8, 4) is 12.3 Å². The van der Waals surface area contributed by atoms with E-state index in [1.165, 1.54) is 5.56 Å². The van der Waals surface area contributed by atoms with Crippen LogP contribution in [0.1, 0.15) is 17.9 Å². The van der Waals surface area contributed by atoms with Gasteiger partial charge >= 0.3 is 0 Å². The molecule has 13 heavy (non-hydrogen) atoms. The normalized spacial score (nSPS) is 27.7. The van der Waals surface area contributed by atoms with Gasteiger partial charge in [-0.3, -0.25) is 0 Å². The lowest BCUT2D eigenvalue weighted by molar-refractivity contribution is 0.206. The summed E-state index contributed by atoms with van der Waals surface area (Å²) in [5.41, 5.74) is 1.29. The second-order valence-corrected chi connectivity index (χ2v) is 3.53. The van der Waals surface area contributed by atoms with Gasteiger partial charge in [-0.05, 0) is 17.9 Å². The minimum absolute atomic E-state index is 0.285. The first-order valence-electron chi connectivity index (χ1n) is 4.52. The Kier molecular flexibility index (Phi) is 2.08. The molecule has 1 N–H and O–H groups in total. The van der Waals surface area contributed by atoms with Crippen LogP contribution in [-0.4, -0.2) is 11.2 Å². The van der Waals surface area contributed by atoms with Gasteiger partial charge < -0.3 is 5.11 Å². The van der Waals surface area contributed by atoms with Gasteiger partial charge in [0.15, 0.2) is 0 Å². The van der Waals surface area contributed by atoms with Gasteiger partial charge in [0.25, 0.3) is 0 Å². The molecule has 0 amide bonds. The first-order valence-corrected chi connectivity index (χ1v) is 4.52. The number of terminal acetylenes is 1. The van der Waals surface area contributed by atoms with Crippen LogP contribution in [0.5, 0.6) is 0 Å². The van der Waals surface area contributed by atoms with Crippen molar-refractivity contribution in [3.05, 3.63) is 35.9 Å². The quantitative estimate of drug-likeness (QED) is 0.674. The minimum atomic E-state index is -0.565. The number of rotatable bonds is 2. The van der Waals surface area contributed by atoms with E-state index in [4.69, 9.17) is 6.42 Å². The van der Waals surface area contributed by atoms with Crippen molar-refractivity contribution in [1.29, 1.82) is 0 Å². The van der Waals surface area contributed by atoms with Crippen molar-refractivity contribution in [2.45, 2.75) is 18.4 Å². The molecule has 0 aromatic heterocycles. The number of benzene rings is 1. The summed E-state index contributed by atoms with van der Waals surface area (Å²) in [7, 11) is 0. The van der Waals surface area contributed by atoms with Gasteiger partial charge in [0.1, 0.15) is 6.10 Å². The number of aliphatic hydroxyl groups is 1. The fourth-order valence-electron chi connectivity index (χ4n) is 1.77. The van der Waals surface area contributed by atoms with Crippen molar-refractivity contribution < 1.29 is 5.11 Å². The molecule has 3 atom stereocenters. The van der Waals surface area contributed by atoms with E-state index in [0.717, 1.165) is 6.42 Å². The molecule has 0 heterocycles. The summed E-state index contributed by atoms with van der Waals surface area (Å²) in [6.07, 6.45) is 5.61. The van der Waals surface area contributed by atoms with Gasteiger partial charge in [0.05, 0.1) is 0 Å². The molecule has 1 nitrogen and oxygen atoms in total. The Morgan fingerprint density at radius 1 is 1.38 bits per heavy atom. The molecular formula is C12H12O. The van der Waals surface area contributed by atoms with Gasteiger partial charge in [0.2, 0.25) is 0 Å². The fraction of sp³-hybridized carbons (Fsp3) is 0.333. The molecule has 1 aliphatic carbocycles. The maximum Gasteiger partial charge on any atom is 0.117 e. The topological polar surface area (TPSA) is 20.2 Å². The zero-order valence-electron chi connectivity index (χ0n) is 7.35. The van der Waals surface area contributed by atoms with Crippen LogP contribution in [0.4, 0.5) is 0 Å². The van der Waals surface area contributed by atoms with E-state index in [1.807, 2.05) is 18.2 Å². The van der Waals surface area contributed by atoms with E-state index >= 15 is 0 Å². The third-order valence-corrected chi connectivity index (χ3v) is 2.64. The van der Waals surface area contributed by atoms with Crippen molar-refractivity contribution in [1.82, 2.24) is 0 Å². The molecule has 1 aromatic carbocycles. The van der Waals surface area contributed by atoms with Gasteiger partial charge in [-0.15, -0.1) is 6.42 Å². The third kappa shape index (κ3) is 1.59. The lowest BCUT2D eigenvalue weighted by Gasteiger charge is -2.01. The Balaban J connectivity index is 2.05. The van der Waals surface area contributed by atoms with Gasteiger partial charge in [-0.25, -0.2) is 0 Å². The summed E-state index contributed by atoms with van der Waals surface area (Å²) in [6, 6.07) is 10.2. The maximum atomic E-state index is 9.39. The van der Waals surface area contributed by atoms with Crippen molar-refractivity contribution in [2.75, 3.05) is 0 Å². The van der Waals surface area contributed by atoms with Crippen LogP contribution in [0.3, 0.4) is 0 Å². The van der Waals surface area contributed by atoms with Crippen LogP contribution in [0.15, 0.2) is 30.3 Å². The van der Waals surface area contributed by atoms with E-state index in [2.05, 4.69) is 18.1 Å². The molecule has 3 unspecified atom stereocenters. The predicted octanol–water partition coefficient (Wildman–Crippen LogP) is 1.78. The summed E-state index contributed by atoms with van der Waals surface area (Å²) in [6.45, 7) is 0. The van der Waals surface area contributed by atoms with Gasteiger partial charge in [-0.1, -0.05) is 36.3 Å². The second-order valence-electron chi connectivity index (χ2n) is 3.53. The Bertz CT molecular complexity index is 323. The zero-order chi connectivity index (χ0) is 9.26. The minimum Gasteiger partial charge on any atom is -0.380 e. The first-order chi connectivity index (χ1) is 6.33. The van der Waals surface area contributed by atoms with E-state index in [0.29, 0.717) is 5.92 Å². The highest BCUT2D eigenvalue weighted by Gasteiger charge is 2.42. The molecule has 1 fully saturated rings. The van der Waals surface area contributed by atoms with Gasteiger partial charge in [-0.2, -0.15) is 0 Å². The number of hydrogen-bond acceptors (Lipinski definition) is 1. The molecule has 1 heteroatoms. The third-order valence-electron chi connectivity index (χ3n) is 2.64. The molecule has 0 spiro atoms. The average molecular weight is 172 g/mol. The Labute approximate surface area is 78.4 Å². The SMILES string of the molecule is C#CC(O)C1CC1c1ccccc1. The largest absolute Gasteiger partial charge is 0.380 e. The van der Waals surface area contributed by atoms with Gasteiger partial charge in [0, 0.05) is 5.92 Å². The Hall–Kier alpha value is -1.26. The zero-order valence-corrected chi connectivity index (χ0v) is 7.35. The Morgan fingerprint density at radius 2 is 2.08 bits per heavy atom. The number of aliphatic hydroxyl groups excluding tert-OH is 1. The molecule has 2 rings (SSSR count). The van der Waals surface area contributed by atoms with Crippen LogP contribution < -0.4 is 0 Å². The standard InChI is InChI=1S/C12H12O/c1-2-12(13)11-8-10(11)9-6-4-3-5-7-9/h1,3-7,10-13H,8H2. The van der Waals surface area contributed by atoms with E-state index in [-0.39, 0.29) is 5.92 Å². The lowest BCUT2D eigenvalue weighted by atomic mass is 10.1. The summed E-state index contributed by atoms with van der Waals surface area (Å²) in [5.74, 6) is 3.15. The smallest absolute Gasteiger partial charge is 0.117 e. The molecule has 0 radical (unpaired) electrons. The molecule has 1 aliphatic rings. The lowest BCUT2D eigenvalue weighted by Crippen LogP contribution is -2.06. The maximum absolute atomic E-state index is 9.39. The summed E-state index contributed by atoms with van der Waals surface area (Å²) in [5, 5.41) is 9.39. The molecule has 66 valence electrons. The van der Waals surface area contributed by atoms with E-state index in [9.17, 15) is 5.11 Å². The molecule has 0 saturated heterocycles. The molecule has 0 bridgehead atoms. The Morgan fingerprint density at radius 3 is 2.69 bits per heavy atom. The predicted molar refractivity (Wildman–Crippen MR) is 52.1 cm³/mol. The van der Waals surface area contributed by atoms with E-state index < -0.39 is 6.10 Å². The summed E-state index contributed by atoms with van der Waals surface area (Å²) < 4.78 is 0. The second kappa shape index (κ2) is 3.24. The van der Waals surface area contributed by atoms with Crippen LogP contribution >= 0.6 is 0 Å². The first kappa shape index (κ1) is 8.34. The molecule has 1 saturated carbocycles. The van der Waals surface area contributed by atoms with Crippen LogP contribution in [0.2, 0.25) is 0 Å². The molecule has 1 aromatic rings. The molecular weight excluding hydrogens is 160 g/mol. The monoisotopic (exact) mass is 172 g/mol. The van der Waals surface area contributed by atoms with Crippen molar-refractivity contribution in [2.24, 2.45) is 5.92 Å². The summed E-state index contributed by atoms with van der Waals surface area (Å²) >= 11 is 0. The highest BCUT2D eigenvalue weighted by atomic mass is 16.3. The van der Waals surface area contributed by atoms with Crippen molar-refractivity contribution >= 4 is 0 Å². The van der Waals surface area contributed by atoms with Crippen LogP contribution in [0, 0.1) is 18.3 Å². The summed E-state index contributed by atoms with van der Waals surface area (Å²) in [4.78, 5) is 0. The highest BCUT2D eigenvalue weighted by molar-refractivity contribution is 5.27. The fourth-order valence-corrected chi connectivity index (χ4v) is 1.77.